The molecule has 0 saturated carbocycles. The number of primary amides is 1. The summed E-state index contributed by atoms with van der Waals surface area (Å²) in [6.45, 7) is 2.51. The molecule has 5 amide bonds. The molecule has 0 radical (unpaired) electrons. The van der Waals surface area contributed by atoms with E-state index in [0.29, 0.717) is 23.7 Å². The number of imidazole rings is 1. The van der Waals surface area contributed by atoms with E-state index in [1.54, 1.807) is 13.2 Å². The number of piperidine rings is 1. The molecule has 15 nitrogen and oxygen atoms in total. The van der Waals surface area contributed by atoms with Crippen molar-refractivity contribution in [2.75, 3.05) is 61.4 Å². The summed E-state index contributed by atoms with van der Waals surface area (Å²) in [5, 5.41) is 10.3. The third kappa shape index (κ3) is 6.39. The molecule has 4 N–H and O–H groups in total. The van der Waals surface area contributed by atoms with Crippen LogP contribution in [0.2, 0.25) is 5.02 Å². The van der Waals surface area contributed by atoms with Gasteiger partial charge in [-0.2, -0.15) is 0 Å². The number of carbonyl (C=O) groups excluding carboxylic acids is 4. The van der Waals surface area contributed by atoms with Crippen molar-refractivity contribution in [3.8, 4) is 11.3 Å². The second kappa shape index (κ2) is 14.3. The Morgan fingerprint density at radius 3 is 2.46 bits per heavy atom. The van der Waals surface area contributed by atoms with E-state index in [9.17, 15) is 19.2 Å². The maximum Gasteiger partial charge on any atom is 0.328 e. The lowest BCUT2D eigenvalue weighted by atomic mass is 9.68. The topological polar surface area (TPSA) is 174 Å². The quantitative estimate of drug-likeness (QED) is 0.187. The Morgan fingerprint density at radius 2 is 1.75 bits per heavy atom. The summed E-state index contributed by atoms with van der Waals surface area (Å²) in [6.07, 6.45) is 4.16. The summed E-state index contributed by atoms with van der Waals surface area (Å²) in [7, 11) is 1.78. The normalized spacial score (nSPS) is 19.1. The zero-order valence-corrected chi connectivity index (χ0v) is 33.0. The molecular formula is C41H40ClF2N11O4. The number of likely N-dealkylation sites (tertiary alicyclic amines) is 2. The second-order valence-corrected chi connectivity index (χ2v) is 16.0. The minimum atomic E-state index is -3.14. The molecule has 4 aliphatic rings. The molecule has 3 saturated heterocycles. The van der Waals surface area contributed by atoms with Gasteiger partial charge in [0.25, 0.3) is 17.7 Å². The highest BCUT2D eigenvalue weighted by Gasteiger charge is 2.63. The van der Waals surface area contributed by atoms with Crippen molar-refractivity contribution in [1.82, 2.24) is 34.7 Å². The molecule has 3 fully saturated rings. The van der Waals surface area contributed by atoms with Crippen LogP contribution in [-0.4, -0.2) is 105 Å². The molecule has 1 atom stereocenters. The van der Waals surface area contributed by atoms with Gasteiger partial charge in [-0.15, -0.1) is 5.10 Å². The number of urea groups is 1. The van der Waals surface area contributed by atoms with E-state index in [2.05, 4.69) is 20.5 Å². The van der Waals surface area contributed by atoms with E-state index in [4.69, 9.17) is 27.4 Å². The number of hydrogen-bond acceptors (Lipinski definition) is 10. The fourth-order valence-electron chi connectivity index (χ4n) is 8.79. The van der Waals surface area contributed by atoms with Gasteiger partial charge in [0.2, 0.25) is 5.91 Å². The summed E-state index contributed by atoms with van der Waals surface area (Å²) >= 11 is 6.35. The highest BCUT2D eigenvalue weighted by atomic mass is 35.5. The minimum absolute atomic E-state index is 0.0690. The van der Waals surface area contributed by atoms with E-state index in [0.717, 1.165) is 34.5 Å². The third-order valence-corrected chi connectivity index (χ3v) is 12.6. The minimum Gasteiger partial charge on any atom is -0.385 e. The molecule has 18 heteroatoms. The number of alkyl halides is 2. The zero-order chi connectivity index (χ0) is 41.4. The summed E-state index contributed by atoms with van der Waals surface area (Å²) in [5.41, 5.74) is 10.8. The first-order valence-electron chi connectivity index (χ1n) is 19.3. The number of pyridine rings is 1. The molecule has 1 unspecified atom stereocenters. The van der Waals surface area contributed by atoms with Crippen molar-refractivity contribution >= 4 is 63.9 Å². The number of carbonyl (C=O) groups is 4. The number of fused-ring (bicyclic) bond motifs is 2. The summed E-state index contributed by atoms with van der Waals surface area (Å²) in [4.78, 5) is 65.4. The summed E-state index contributed by atoms with van der Waals surface area (Å²) < 4.78 is 33.5. The first-order valence-corrected chi connectivity index (χ1v) is 19.7. The molecule has 5 aromatic rings. The summed E-state index contributed by atoms with van der Waals surface area (Å²) in [6, 6.07) is 15.4. The predicted molar refractivity (Wildman–Crippen MR) is 216 cm³/mol. The van der Waals surface area contributed by atoms with Crippen LogP contribution in [0.15, 0.2) is 67.0 Å². The van der Waals surface area contributed by atoms with Crippen molar-refractivity contribution in [2.24, 2.45) is 11.1 Å². The fourth-order valence-corrected chi connectivity index (χ4v) is 9.01. The van der Waals surface area contributed by atoms with E-state index in [1.165, 1.54) is 38.7 Å². The van der Waals surface area contributed by atoms with Crippen LogP contribution in [0.5, 0.6) is 0 Å². The van der Waals surface area contributed by atoms with Crippen LogP contribution in [0, 0.1) is 5.41 Å². The van der Waals surface area contributed by atoms with Gasteiger partial charge in [0, 0.05) is 81.3 Å². The van der Waals surface area contributed by atoms with Gasteiger partial charge in [0.15, 0.2) is 11.5 Å². The second-order valence-electron chi connectivity index (χ2n) is 15.6. The Balaban J connectivity index is 0.864. The SMILES string of the molecule is CNc1cc(N2CCc3c(-c4ccc(C(C)N5CC6(CCN(C(=O)c7ccc(Cl)c(N8CCC(=O)NC8=O)c7)CC6(F)F)C5)cn4)cccc32)nn2c(C(N)=O)cnc12. The standard InChI is InChI=1S/C41H40ClF2N11O4/c1-23(52-20-40(21-52)12-15-51(22-41(40,43)44)38(58)24-6-8-28(42)32(16-24)54-14-11-35(56)49-39(54)59)25-7-9-29(47-18-25)26-4-3-5-31-27(26)10-13-53(31)34-17-30(46-2)37-48-19-33(36(45)57)55(37)50-34/h3-9,16-19,23,46H,10-15,20-22H2,1-2H3,(H2,45,57)(H,49,56,59). The van der Waals surface area contributed by atoms with Crippen LogP contribution in [0.1, 0.15) is 57.8 Å². The lowest BCUT2D eigenvalue weighted by Gasteiger charge is -2.59. The van der Waals surface area contributed by atoms with Gasteiger partial charge in [-0.3, -0.25) is 34.5 Å². The van der Waals surface area contributed by atoms with E-state index < -0.39 is 41.6 Å². The Bertz CT molecular complexity index is 2560. The number of nitrogens with zero attached hydrogens (tertiary/aromatic N) is 8. The smallest absolute Gasteiger partial charge is 0.328 e. The first-order chi connectivity index (χ1) is 28.3. The number of anilines is 4. The number of imide groups is 1. The Hall–Kier alpha value is -6.20. The highest BCUT2D eigenvalue weighted by Crippen LogP contribution is 2.52. The van der Waals surface area contributed by atoms with Gasteiger partial charge in [0.1, 0.15) is 5.69 Å². The number of nitrogens with one attached hydrogen (secondary N) is 2. The largest absolute Gasteiger partial charge is 0.385 e. The number of hydrogen-bond donors (Lipinski definition) is 3. The molecule has 0 aliphatic carbocycles. The van der Waals surface area contributed by atoms with Crippen LogP contribution in [0.25, 0.3) is 16.9 Å². The number of benzene rings is 2. The molecule has 59 heavy (non-hydrogen) atoms. The predicted octanol–water partition coefficient (Wildman–Crippen LogP) is 5.27. The van der Waals surface area contributed by atoms with Gasteiger partial charge in [-0.25, -0.2) is 23.1 Å². The Labute approximate surface area is 342 Å². The van der Waals surface area contributed by atoms with Crippen molar-refractivity contribution in [1.29, 1.82) is 0 Å². The van der Waals surface area contributed by atoms with E-state index >= 15 is 8.78 Å². The third-order valence-electron chi connectivity index (χ3n) is 12.2. The number of rotatable bonds is 8. The molecule has 4 aliphatic heterocycles. The zero-order valence-electron chi connectivity index (χ0n) is 32.2. The molecule has 2 aromatic carbocycles. The molecule has 3 aromatic heterocycles. The van der Waals surface area contributed by atoms with Crippen LogP contribution in [0.4, 0.5) is 36.5 Å². The lowest BCUT2D eigenvalue weighted by molar-refractivity contribution is -0.225. The van der Waals surface area contributed by atoms with Crippen molar-refractivity contribution in [3.05, 3.63) is 94.4 Å². The first kappa shape index (κ1) is 38.3. The van der Waals surface area contributed by atoms with Gasteiger partial charge in [0.05, 0.1) is 40.2 Å². The van der Waals surface area contributed by atoms with E-state index in [-0.39, 0.29) is 67.0 Å². The lowest BCUT2D eigenvalue weighted by Crippen LogP contribution is -2.70. The number of halogens is 3. The van der Waals surface area contributed by atoms with Gasteiger partial charge in [-0.05, 0) is 61.2 Å². The van der Waals surface area contributed by atoms with Crippen molar-refractivity contribution < 1.29 is 28.0 Å². The van der Waals surface area contributed by atoms with Crippen LogP contribution < -0.4 is 26.2 Å². The maximum absolute atomic E-state index is 16.0. The molecule has 304 valence electrons. The van der Waals surface area contributed by atoms with Crippen LogP contribution in [0.3, 0.4) is 0 Å². The fraction of sp³-hybridized carbons (Fsp3) is 0.341. The summed E-state index contributed by atoms with van der Waals surface area (Å²) in [5.74, 6) is -4.12. The Morgan fingerprint density at radius 1 is 0.949 bits per heavy atom. The van der Waals surface area contributed by atoms with Crippen LogP contribution in [-0.2, 0) is 11.2 Å². The van der Waals surface area contributed by atoms with Crippen LogP contribution >= 0.6 is 11.6 Å². The van der Waals surface area contributed by atoms with Crippen molar-refractivity contribution in [3.63, 3.8) is 0 Å². The molecule has 0 bridgehead atoms. The average molecular weight is 824 g/mol. The van der Waals surface area contributed by atoms with Crippen molar-refractivity contribution in [2.45, 2.75) is 38.2 Å². The highest BCUT2D eigenvalue weighted by molar-refractivity contribution is 6.34. The average Bonchev–Trinajstić information content (AvgIpc) is 3.85. The number of amides is 5. The molecular weight excluding hydrogens is 784 g/mol. The molecule has 9 rings (SSSR count). The monoisotopic (exact) mass is 823 g/mol. The van der Waals surface area contributed by atoms with Gasteiger partial charge >= 0.3 is 6.03 Å². The Kier molecular flexibility index (Phi) is 9.27. The maximum atomic E-state index is 16.0. The molecule has 1 spiro atoms. The number of aromatic nitrogens is 4. The van der Waals surface area contributed by atoms with E-state index in [1.807, 2.05) is 48.2 Å². The number of nitrogens with two attached hydrogens (primary N) is 1. The molecule has 7 heterocycles. The van der Waals surface area contributed by atoms with Gasteiger partial charge in [-0.1, -0.05) is 29.8 Å². The van der Waals surface area contributed by atoms with Gasteiger partial charge < -0.3 is 20.9 Å².